The van der Waals surface area contributed by atoms with Crippen LogP contribution in [0.15, 0.2) is 24.3 Å². The van der Waals surface area contributed by atoms with E-state index < -0.39 is 18.5 Å². The number of alkyl halides is 3. The summed E-state index contributed by atoms with van der Waals surface area (Å²) in [7, 11) is 0. The Morgan fingerprint density at radius 2 is 1.77 bits per heavy atom. The van der Waals surface area contributed by atoms with Crippen LogP contribution in [0.3, 0.4) is 0 Å². The zero-order valence-electron chi connectivity index (χ0n) is 6.93. The van der Waals surface area contributed by atoms with Crippen molar-refractivity contribution in [2.24, 2.45) is 0 Å². The van der Waals surface area contributed by atoms with Gasteiger partial charge in [0.25, 0.3) is 5.92 Å². The summed E-state index contributed by atoms with van der Waals surface area (Å²) in [6.07, 6.45) is -2.66. The Kier molecular flexibility index (Phi) is 1.82. The van der Waals surface area contributed by atoms with Crippen LogP contribution in [0.4, 0.5) is 13.2 Å². The first-order chi connectivity index (χ1) is 6.09. The second-order valence-electron chi connectivity index (χ2n) is 3.38. The van der Waals surface area contributed by atoms with Crippen molar-refractivity contribution in [2.45, 2.75) is 24.9 Å². The minimum atomic E-state index is -3.19. The highest BCUT2D eigenvalue weighted by Crippen LogP contribution is 2.34. The third-order valence-electron chi connectivity index (χ3n) is 2.40. The van der Waals surface area contributed by atoms with Crippen molar-refractivity contribution in [3.63, 3.8) is 0 Å². The Balaban J connectivity index is 2.39. The summed E-state index contributed by atoms with van der Waals surface area (Å²) in [6.45, 7) is 0. The molecule has 0 amide bonds. The normalized spacial score (nSPS) is 25.3. The van der Waals surface area contributed by atoms with Gasteiger partial charge in [-0.1, -0.05) is 24.3 Å². The van der Waals surface area contributed by atoms with E-state index in [1.807, 2.05) is 0 Å². The molecule has 0 heterocycles. The fourth-order valence-corrected chi connectivity index (χ4v) is 1.64. The van der Waals surface area contributed by atoms with E-state index in [-0.39, 0.29) is 6.42 Å². The summed E-state index contributed by atoms with van der Waals surface area (Å²) in [5.41, 5.74) is 1.28. The van der Waals surface area contributed by atoms with E-state index in [0.717, 1.165) is 0 Å². The molecule has 2 rings (SSSR count). The minimum Gasteiger partial charge on any atom is -0.240 e. The van der Waals surface area contributed by atoms with Crippen molar-refractivity contribution in [1.29, 1.82) is 0 Å². The van der Waals surface area contributed by atoms with E-state index in [0.29, 0.717) is 11.1 Å². The monoisotopic (exact) mass is 186 g/mol. The van der Waals surface area contributed by atoms with Crippen molar-refractivity contribution in [3.05, 3.63) is 35.4 Å². The van der Waals surface area contributed by atoms with Crippen molar-refractivity contribution in [3.8, 4) is 0 Å². The number of fused-ring (bicyclic) bond motifs is 1. The highest BCUT2D eigenvalue weighted by atomic mass is 19.3. The topological polar surface area (TPSA) is 0 Å². The number of benzene rings is 1. The first-order valence-electron chi connectivity index (χ1n) is 4.18. The molecule has 0 nitrogen and oxygen atoms in total. The zero-order valence-corrected chi connectivity index (χ0v) is 6.93. The Hall–Kier alpha value is -0.990. The Bertz CT molecular complexity index is 320. The molecule has 0 saturated heterocycles. The molecule has 0 radical (unpaired) electrons. The van der Waals surface area contributed by atoms with Gasteiger partial charge in [-0.2, -0.15) is 0 Å². The van der Waals surface area contributed by atoms with E-state index in [9.17, 15) is 13.2 Å². The number of hydrogen-bond donors (Lipinski definition) is 0. The maximum Gasteiger partial charge on any atom is 0.282 e. The van der Waals surface area contributed by atoms with Gasteiger partial charge in [0.05, 0.1) is 0 Å². The lowest BCUT2D eigenvalue weighted by molar-refractivity contribution is -0.0766. The summed E-state index contributed by atoms with van der Waals surface area (Å²) in [4.78, 5) is 0. The third-order valence-corrected chi connectivity index (χ3v) is 2.40. The molecule has 0 aliphatic heterocycles. The average molecular weight is 186 g/mol. The van der Waals surface area contributed by atoms with Gasteiger partial charge < -0.3 is 0 Å². The van der Waals surface area contributed by atoms with Crippen molar-refractivity contribution in [1.82, 2.24) is 0 Å². The highest BCUT2D eigenvalue weighted by molar-refractivity contribution is 5.32. The standard InChI is InChI=1S/C10H9F3/c11-9-5-7-3-1-2-4-8(7)6-10(9,12)13/h1-4,9H,5-6H2. The molecule has 0 bridgehead atoms. The van der Waals surface area contributed by atoms with Gasteiger partial charge in [-0.25, -0.2) is 13.2 Å². The predicted octanol–water partition coefficient (Wildman–Crippen LogP) is 2.76. The highest BCUT2D eigenvalue weighted by Gasteiger charge is 2.43. The predicted molar refractivity (Wildman–Crippen MR) is 43.7 cm³/mol. The Labute approximate surface area is 74.4 Å². The molecule has 1 aromatic carbocycles. The molecule has 3 heteroatoms. The quantitative estimate of drug-likeness (QED) is 0.584. The van der Waals surface area contributed by atoms with Gasteiger partial charge >= 0.3 is 0 Å². The van der Waals surface area contributed by atoms with Crippen LogP contribution in [0.5, 0.6) is 0 Å². The van der Waals surface area contributed by atoms with E-state index >= 15 is 0 Å². The van der Waals surface area contributed by atoms with Crippen LogP contribution in [-0.4, -0.2) is 12.1 Å². The second-order valence-corrected chi connectivity index (χ2v) is 3.38. The van der Waals surface area contributed by atoms with E-state index in [2.05, 4.69) is 0 Å². The summed E-state index contributed by atoms with van der Waals surface area (Å²) in [6, 6.07) is 6.79. The average Bonchev–Trinajstić information content (AvgIpc) is 2.06. The lowest BCUT2D eigenvalue weighted by atomic mass is 9.88. The molecule has 1 aliphatic carbocycles. The van der Waals surface area contributed by atoms with Gasteiger partial charge in [0.15, 0.2) is 6.17 Å². The molecule has 0 aromatic heterocycles. The smallest absolute Gasteiger partial charge is 0.240 e. The van der Waals surface area contributed by atoms with E-state index in [1.54, 1.807) is 24.3 Å². The SMILES string of the molecule is FC1Cc2ccccc2CC1(F)F. The maximum atomic E-state index is 12.9. The third kappa shape index (κ3) is 1.43. The van der Waals surface area contributed by atoms with Crippen LogP contribution in [0, 0.1) is 0 Å². The number of hydrogen-bond acceptors (Lipinski definition) is 0. The van der Waals surface area contributed by atoms with Crippen LogP contribution in [-0.2, 0) is 12.8 Å². The van der Waals surface area contributed by atoms with Gasteiger partial charge in [-0.15, -0.1) is 0 Å². The van der Waals surface area contributed by atoms with Gasteiger partial charge in [-0.3, -0.25) is 0 Å². The fourth-order valence-electron chi connectivity index (χ4n) is 1.64. The molecule has 13 heavy (non-hydrogen) atoms. The Morgan fingerprint density at radius 3 is 2.46 bits per heavy atom. The van der Waals surface area contributed by atoms with E-state index in [1.165, 1.54) is 0 Å². The van der Waals surface area contributed by atoms with Gasteiger partial charge in [0.2, 0.25) is 0 Å². The van der Waals surface area contributed by atoms with Gasteiger partial charge in [0.1, 0.15) is 0 Å². The lowest BCUT2D eigenvalue weighted by Crippen LogP contribution is -2.38. The van der Waals surface area contributed by atoms with Crippen molar-refractivity contribution < 1.29 is 13.2 Å². The molecule has 1 aromatic rings. The van der Waals surface area contributed by atoms with Gasteiger partial charge in [0, 0.05) is 12.8 Å². The number of rotatable bonds is 0. The van der Waals surface area contributed by atoms with E-state index in [4.69, 9.17) is 0 Å². The van der Waals surface area contributed by atoms with Crippen molar-refractivity contribution in [2.75, 3.05) is 0 Å². The fraction of sp³-hybridized carbons (Fsp3) is 0.400. The summed E-state index contributed by atoms with van der Waals surface area (Å²) < 4.78 is 38.7. The summed E-state index contributed by atoms with van der Waals surface area (Å²) in [5, 5.41) is 0. The Morgan fingerprint density at radius 1 is 1.15 bits per heavy atom. The van der Waals surface area contributed by atoms with Crippen LogP contribution in [0.25, 0.3) is 0 Å². The molecule has 1 atom stereocenters. The maximum absolute atomic E-state index is 12.9. The minimum absolute atomic E-state index is 0.164. The van der Waals surface area contributed by atoms with Crippen LogP contribution in [0.1, 0.15) is 11.1 Å². The molecule has 1 unspecified atom stereocenters. The molecule has 0 fully saturated rings. The summed E-state index contributed by atoms with van der Waals surface area (Å²) in [5.74, 6) is -3.19. The largest absolute Gasteiger partial charge is 0.282 e. The lowest BCUT2D eigenvalue weighted by Gasteiger charge is -2.27. The van der Waals surface area contributed by atoms with Gasteiger partial charge in [-0.05, 0) is 11.1 Å². The van der Waals surface area contributed by atoms with Crippen LogP contribution >= 0.6 is 0 Å². The summed E-state index contributed by atoms with van der Waals surface area (Å²) >= 11 is 0. The molecule has 0 saturated carbocycles. The van der Waals surface area contributed by atoms with Crippen LogP contribution in [0.2, 0.25) is 0 Å². The first kappa shape index (κ1) is 8.60. The first-order valence-corrected chi connectivity index (χ1v) is 4.18. The van der Waals surface area contributed by atoms with Crippen LogP contribution < -0.4 is 0 Å². The number of halogens is 3. The molecular formula is C10H9F3. The second kappa shape index (κ2) is 2.76. The molecule has 70 valence electrons. The molecule has 0 spiro atoms. The molecule has 1 aliphatic rings. The molecule has 0 N–H and O–H groups in total. The van der Waals surface area contributed by atoms with Crippen molar-refractivity contribution >= 4 is 0 Å². The molecular weight excluding hydrogens is 177 g/mol. The zero-order chi connectivity index (χ0) is 9.47.